The van der Waals surface area contributed by atoms with Crippen LogP contribution in [0.2, 0.25) is 0 Å². The molecule has 7 nitrogen and oxygen atoms in total. The first-order valence-corrected chi connectivity index (χ1v) is 8.08. The van der Waals surface area contributed by atoms with E-state index in [4.69, 9.17) is 5.11 Å². The molecule has 1 amide bonds. The van der Waals surface area contributed by atoms with Crippen LogP contribution in [-0.4, -0.2) is 43.3 Å². The van der Waals surface area contributed by atoms with Gasteiger partial charge in [-0.05, 0) is 13.8 Å². The third kappa shape index (κ3) is 2.90. The minimum Gasteiger partial charge on any atom is -0.394 e. The number of carbonyl (C=O) groups excluding carboxylic acids is 1. The van der Waals surface area contributed by atoms with E-state index in [2.05, 4.69) is 20.3 Å². The molecule has 22 heavy (non-hydrogen) atoms. The summed E-state index contributed by atoms with van der Waals surface area (Å²) in [4.78, 5) is 18.7. The Hall–Kier alpha value is -1.77. The molecule has 1 aliphatic heterocycles. The molecule has 0 saturated heterocycles. The molecule has 2 aromatic heterocycles. The van der Waals surface area contributed by atoms with Crippen LogP contribution in [0.4, 0.5) is 5.13 Å². The summed E-state index contributed by atoms with van der Waals surface area (Å²) in [5, 5.41) is 18.7. The van der Waals surface area contributed by atoms with E-state index in [9.17, 15) is 4.79 Å². The number of anilines is 1. The van der Waals surface area contributed by atoms with Gasteiger partial charge in [-0.25, -0.2) is 4.98 Å². The molecule has 3 heterocycles. The van der Waals surface area contributed by atoms with E-state index in [1.165, 1.54) is 11.3 Å². The highest BCUT2D eigenvalue weighted by atomic mass is 32.1. The second-order valence-corrected chi connectivity index (χ2v) is 6.29. The van der Waals surface area contributed by atoms with E-state index in [1.54, 1.807) is 0 Å². The van der Waals surface area contributed by atoms with Crippen molar-refractivity contribution in [1.82, 2.24) is 19.7 Å². The van der Waals surface area contributed by atoms with E-state index in [0.717, 1.165) is 17.0 Å². The fourth-order valence-electron chi connectivity index (χ4n) is 2.58. The number of thiazole rings is 1. The largest absolute Gasteiger partial charge is 0.394 e. The van der Waals surface area contributed by atoms with Gasteiger partial charge in [0.25, 0.3) is 0 Å². The lowest BCUT2D eigenvalue weighted by molar-refractivity contribution is -0.121. The van der Waals surface area contributed by atoms with Crippen molar-refractivity contribution in [3.05, 3.63) is 28.5 Å². The van der Waals surface area contributed by atoms with Crippen LogP contribution in [-0.2, 0) is 24.4 Å². The smallest absolute Gasteiger partial charge is 0.243 e. The molecule has 2 aromatic rings. The Morgan fingerprint density at radius 2 is 2.36 bits per heavy atom. The highest BCUT2D eigenvalue weighted by Gasteiger charge is 2.30. The molecule has 0 spiro atoms. The van der Waals surface area contributed by atoms with Crippen molar-refractivity contribution in [2.24, 2.45) is 0 Å². The summed E-state index contributed by atoms with van der Waals surface area (Å²) < 4.78 is 1.81. The standard InChI is InChI=1S/C14H19N5O2S/c1-9-8-22-14(16-9)17-13(21)10(2)18-6-11-5-15-19(3-4-20)12(11)7-18/h5,8,10,20H,3-4,6-7H2,1-2H3,(H,16,17,21)/t10-/m1/s1. The fourth-order valence-corrected chi connectivity index (χ4v) is 3.27. The number of aryl methyl sites for hydroxylation is 1. The summed E-state index contributed by atoms with van der Waals surface area (Å²) in [5.41, 5.74) is 3.11. The highest BCUT2D eigenvalue weighted by molar-refractivity contribution is 7.13. The van der Waals surface area contributed by atoms with E-state index in [0.29, 0.717) is 24.8 Å². The third-order valence-electron chi connectivity index (χ3n) is 3.85. The SMILES string of the molecule is Cc1csc(NC(=O)[C@@H](C)N2Cc3cnn(CCO)c3C2)n1. The lowest BCUT2D eigenvalue weighted by atomic mass is 10.3. The van der Waals surface area contributed by atoms with Crippen molar-refractivity contribution in [2.45, 2.75) is 39.5 Å². The number of fused-ring (bicyclic) bond motifs is 1. The van der Waals surface area contributed by atoms with Gasteiger partial charge in [-0.1, -0.05) is 0 Å². The maximum Gasteiger partial charge on any atom is 0.243 e. The molecule has 1 atom stereocenters. The molecular formula is C14H19N5O2S. The van der Waals surface area contributed by atoms with E-state index in [1.807, 2.05) is 30.1 Å². The number of amides is 1. The minimum absolute atomic E-state index is 0.0545. The van der Waals surface area contributed by atoms with Crippen LogP contribution in [0.5, 0.6) is 0 Å². The van der Waals surface area contributed by atoms with Crippen molar-refractivity contribution >= 4 is 22.4 Å². The van der Waals surface area contributed by atoms with E-state index < -0.39 is 0 Å². The molecule has 0 aromatic carbocycles. The van der Waals surface area contributed by atoms with Gasteiger partial charge >= 0.3 is 0 Å². The summed E-state index contributed by atoms with van der Waals surface area (Å²) in [5.74, 6) is -0.0545. The summed E-state index contributed by atoms with van der Waals surface area (Å²) in [6.45, 7) is 5.72. The molecule has 8 heteroatoms. The van der Waals surface area contributed by atoms with Crippen LogP contribution in [0, 0.1) is 6.92 Å². The Balaban J connectivity index is 1.64. The fraction of sp³-hybridized carbons (Fsp3) is 0.500. The lowest BCUT2D eigenvalue weighted by Crippen LogP contribution is -2.39. The molecule has 0 aliphatic carbocycles. The Bertz CT molecular complexity index is 681. The van der Waals surface area contributed by atoms with Gasteiger partial charge in [0.1, 0.15) is 0 Å². The minimum atomic E-state index is -0.251. The van der Waals surface area contributed by atoms with Crippen LogP contribution < -0.4 is 5.32 Å². The van der Waals surface area contributed by atoms with Gasteiger partial charge < -0.3 is 10.4 Å². The second kappa shape index (κ2) is 6.15. The number of rotatable bonds is 5. The number of aliphatic hydroxyl groups is 1. The summed E-state index contributed by atoms with van der Waals surface area (Å²) in [7, 11) is 0. The molecular weight excluding hydrogens is 302 g/mol. The lowest BCUT2D eigenvalue weighted by Gasteiger charge is -2.22. The summed E-state index contributed by atoms with van der Waals surface area (Å²) >= 11 is 1.43. The van der Waals surface area contributed by atoms with Crippen molar-refractivity contribution in [3.8, 4) is 0 Å². The number of hydrogen-bond donors (Lipinski definition) is 2. The van der Waals surface area contributed by atoms with E-state index >= 15 is 0 Å². The molecule has 3 rings (SSSR count). The van der Waals surface area contributed by atoms with Gasteiger partial charge in [0.05, 0.1) is 36.8 Å². The average Bonchev–Trinajstić information content (AvgIpc) is 3.16. The number of nitrogens with zero attached hydrogens (tertiary/aromatic N) is 4. The number of nitrogens with one attached hydrogen (secondary N) is 1. The van der Waals surface area contributed by atoms with Gasteiger partial charge in [0.15, 0.2) is 5.13 Å². The number of aliphatic hydroxyl groups excluding tert-OH is 1. The quantitative estimate of drug-likeness (QED) is 0.858. The molecule has 0 radical (unpaired) electrons. The molecule has 0 unspecified atom stereocenters. The van der Waals surface area contributed by atoms with Crippen molar-refractivity contribution in [3.63, 3.8) is 0 Å². The maximum absolute atomic E-state index is 12.3. The van der Waals surface area contributed by atoms with Crippen molar-refractivity contribution in [2.75, 3.05) is 11.9 Å². The zero-order valence-corrected chi connectivity index (χ0v) is 13.4. The Kier molecular flexibility index (Phi) is 4.23. The predicted molar refractivity (Wildman–Crippen MR) is 83.5 cm³/mol. The topological polar surface area (TPSA) is 83.3 Å². The average molecular weight is 321 g/mol. The Labute approximate surface area is 132 Å². The van der Waals surface area contributed by atoms with Gasteiger partial charge in [0, 0.05) is 24.0 Å². The first-order valence-electron chi connectivity index (χ1n) is 7.20. The van der Waals surface area contributed by atoms with Gasteiger partial charge in [0.2, 0.25) is 5.91 Å². The van der Waals surface area contributed by atoms with Crippen LogP contribution in [0.3, 0.4) is 0 Å². The monoisotopic (exact) mass is 321 g/mol. The Morgan fingerprint density at radius 3 is 3.05 bits per heavy atom. The summed E-state index contributed by atoms with van der Waals surface area (Å²) in [6.07, 6.45) is 1.82. The van der Waals surface area contributed by atoms with Crippen LogP contribution in [0.25, 0.3) is 0 Å². The molecule has 0 saturated carbocycles. The van der Waals surface area contributed by atoms with Crippen LogP contribution in [0.15, 0.2) is 11.6 Å². The molecule has 1 aliphatic rings. The molecule has 0 bridgehead atoms. The van der Waals surface area contributed by atoms with Gasteiger partial charge in [-0.2, -0.15) is 5.10 Å². The number of carbonyl (C=O) groups is 1. The van der Waals surface area contributed by atoms with Crippen molar-refractivity contribution < 1.29 is 9.90 Å². The first kappa shape index (κ1) is 15.1. The number of aromatic nitrogens is 3. The van der Waals surface area contributed by atoms with Crippen molar-refractivity contribution in [1.29, 1.82) is 0 Å². The predicted octanol–water partition coefficient (Wildman–Crippen LogP) is 0.983. The molecule has 2 N–H and O–H groups in total. The number of hydrogen-bond acceptors (Lipinski definition) is 6. The maximum atomic E-state index is 12.3. The second-order valence-electron chi connectivity index (χ2n) is 5.43. The van der Waals surface area contributed by atoms with E-state index in [-0.39, 0.29) is 18.6 Å². The normalized spacial score (nSPS) is 15.8. The zero-order valence-electron chi connectivity index (χ0n) is 12.6. The molecule has 0 fully saturated rings. The third-order valence-corrected chi connectivity index (χ3v) is 4.73. The van der Waals surface area contributed by atoms with Gasteiger partial charge in [-0.15, -0.1) is 11.3 Å². The zero-order chi connectivity index (χ0) is 15.7. The van der Waals surface area contributed by atoms with Crippen LogP contribution in [0.1, 0.15) is 23.9 Å². The Morgan fingerprint density at radius 1 is 1.55 bits per heavy atom. The highest BCUT2D eigenvalue weighted by Crippen LogP contribution is 2.25. The van der Waals surface area contributed by atoms with Gasteiger partial charge in [-0.3, -0.25) is 14.4 Å². The van der Waals surface area contributed by atoms with Crippen LogP contribution >= 0.6 is 11.3 Å². The molecule has 118 valence electrons. The summed E-state index contributed by atoms with van der Waals surface area (Å²) in [6, 6.07) is -0.251. The first-order chi connectivity index (χ1) is 10.6.